The highest BCUT2D eigenvalue weighted by molar-refractivity contribution is 5.76. The molecule has 3 rings (SSSR count). The zero-order chi connectivity index (χ0) is 17.5. The maximum atomic E-state index is 12.1. The summed E-state index contributed by atoms with van der Waals surface area (Å²) in [5, 5.41) is 11.2. The van der Waals surface area contributed by atoms with Crippen molar-refractivity contribution in [1.29, 1.82) is 0 Å². The van der Waals surface area contributed by atoms with Gasteiger partial charge < -0.3 is 14.5 Å². The van der Waals surface area contributed by atoms with Crippen molar-refractivity contribution < 1.29 is 13.9 Å². The molecule has 0 unspecified atom stereocenters. The van der Waals surface area contributed by atoms with E-state index in [4.69, 9.17) is 9.15 Å². The number of carbonyl (C=O) groups excluding carboxylic acids is 1. The third-order valence-corrected chi connectivity index (χ3v) is 4.57. The smallest absolute Gasteiger partial charge is 0.247 e. The topological polar surface area (TPSA) is 77.2 Å². The molecule has 134 valence electrons. The largest absolute Gasteiger partial charge is 0.497 e. The molecule has 1 amide bonds. The number of carbonyl (C=O) groups is 1. The van der Waals surface area contributed by atoms with Gasteiger partial charge in [-0.3, -0.25) is 4.79 Å². The van der Waals surface area contributed by atoms with Crippen LogP contribution in [-0.2, 0) is 11.2 Å². The van der Waals surface area contributed by atoms with E-state index in [-0.39, 0.29) is 5.91 Å². The van der Waals surface area contributed by atoms with Crippen LogP contribution in [0.5, 0.6) is 5.75 Å². The van der Waals surface area contributed by atoms with Crippen LogP contribution in [0.3, 0.4) is 0 Å². The summed E-state index contributed by atoms with van der Waals surface area (Å²) in [6, 6.07) is 7.79. The predicted molar refractivity (Wildman–Crippen MR) is 94.2 cm³/mol. The van der Waals surface area contributed by atoms with Gasteiger partial charge in [0.1, 0.15) is 5.75 Å². The standard InChI is InChI=1S/C19H25N3O3/c1-24-16-10-6-7-14(13-16)19-22-21-18(25-19)12-11-17(23)20-15-8-4-2-3-5-9-15/h6-7,10,13,15H,2-5,8-9,11-12H2,1H3,(H,20,23). The second-order valence-corrected chi connectivity index (χ2v) is 6.49. The number of aryl methyl sites for hydroxylation is 1. The lowest BCUT2D eigenvalue weighted by atomic mass is 10.1. The summed E-state index contributed by atoms with van der Waals surface area (Å²) >= 11 is 0. The molecule has 2 aromatic rings. The minimum atomic E-state index is 0.0630. The van der Waals surface area contributed by atoms with Crippen LogP contribution in [0.25, 0.3) is 11.5 Å². The van der Waals surface area contributed by atoms with Gasteiger partial charge in [-0.25, -0.2) is 0 Å². The summed E-state index contributed by atoms with van der Waals surface area (Å²) in [7, 11) is 1.62. The predicted octanol–water partition coefficient (Wildman–Crippen LogP) is 3.52. The minimum Gasteiger partial charge on any atom is -0.497 e. The first-order valence-electron chi connectivity index (χ1n) is 9.01. The average Bonchev–Trinajstić information content (AvgIpc) is 2.97. The molecule has 0 aliphatic heterocycles. The molecule has 6 nitrogen and oxygen atoms in total. The van der Waals surface area contributed by atoms with Crippen molar-refractivity contribution in [3.8, 4) is 17.2 Å². The van der Waals surface area contributed by atoms with Gasteiger partial charge in [-0.05, 0) is 31.0 Å². The summed E-state index contributed by atoms with van der Waals surface area (Å²) in [6.07, 6.45) is 7.98. The summed E-state index contributed by atoms with van der Waals surface area (Å²) in [6.45, 7) is 0. The number of rotatable bonds is 6. The Morgan fingerprint density at radius 3 is 2.80 bits per heavy atom. The quantitative estimate of drug-likeness (QED) is 0.812. The molecule has 1 saturated carbocycles. The van der Waals surface area contributed by atoms with Crippen LogP contribution in [0.1, 0.15) is 50.8 Å². The van der Waals surface area contributed by atoms with Gasteiger partial charge in [0.15, 0.2) is 0 Å². The first-order chi connectivity index (χ1) is 12.2. The van der Waals surface area contributed by atoms with Crippen molar-refractivity contribution in [2.24, 2.45) is 0 Å². The zero-order valence-electron chi connectivity index (χ0n) is 14.7. The Morgan fingerprint density at radius 1 is 1.24 bits per heavy atom. The molecule has 1 aliphatic carbocycles. The van der Waals surface area contributed by atoms with E-state index in [9.17, 15) is 4.79 Å². The number of methoxy groups -OCH3 is 1. The molecule has 1 fully saturated rings. The molecule has 0 spiro atoms. The van der Waals surface area contributed by atoms with Crippen LogP contribution in [0.2, 0.25) is 0 Å². The van der Waals surface area contributed by atoms with Crippen molar-refractivity contribution in [1.82, 2.24) is 15.5 Å². The van der Waals surface area contributed by atoms with Gasteiger partial charge in [-0.2, -0.15) is 0 Å². The molecular weight excluding hydrogens is 318 g/mol. The summed E-state index contributed by atoms with van der Waals surface area (Å²) in [5.74, 6) is 1.72. The monoisotopic (exact) mass is 343 g/mol. The fourth-order valence-electron chi connectivity index (χ4n) is 3.17. The Hall–Kier alpha value is -2.37. The molecule has 0 bridgehead atoms. The normalized spacial score (nSPS) is 15.6. The SMILES string of the molecule is COc1cccc(-c2nnc(CCC(=O)NC3CCCCCC3)o2)c1. The van der Waals surface area contributed by atoms with Gasteiger partial charge in [0.2, 0.25) is 17.7 Å². The van der Waals surface area contributed by atoms with Crippen LogP contribution in [0.4, 0.5) is 0 Å². The van der Waals surface area contributed by atoms with E-state index < -0.39 is 0 Å². The molecule has 1 aromatic carbocycles. The molecule has 6 heteroatoms. The summed E-state index contributed by atoms with van der Waals surface area (Å²) in [5.41, 5.74) is 0.806. The van der Waals surface area contributed by atoms with Crippen LogP contribution < -0.4 is 10.1 Å². The van der Waals surface area contributed by atoms with Crippen LogP contribution in [-0.4, -0.2) is 29.3 Å². The van der Waals surface area contributed by atoms with Crippen LogP contribution >= 0.6 is 0 Å². The lowest BCUT2D eigenvalue weighted by Crippen LogP contribution is -2.34. The fourth-order valence-corrected chi connectivity index (χ4v) is 3.17. The molecule has 0 saturated heterocycles. The first kappa shape index (κ1) is 17.5. The highest BCUT2D eigenvalue weighted by Crippen LogP contribution is 2.23. The highest BCUT2D eigenvalue weighted by atomic mass is 16.5. The Labute approximate surface area is 148 Å². The average molecular weight is 343 g/mol. The molecule has 0 radical (unpaired) electrons. The number of hydrogen-bond donors (Lipinski definition) is 1. The van der Waals surface area contributed by atoms with E-state index in [1.165, 1.54) is 25.7 Å². The maximum Gasteiger partial charge on any atom is 0.247 e. The third kappa shape index (κ3) is 5.05. The van der Waals surface area contributed by atoms with Gasteiger partial charge in [-0.15, -0.1) is 10.2 Å². The molecule has 1 aromatic heterocycles. The summed E-state index contributed by atoms with van der Waals surface area (Å²) < 4.78 is 10.9. The van der Waals surface area contributed by atoms with Gasteiger partial charge in [0.25, 0.3) is 0 Å². The van der Waals surface area contributed by atoms with Gasteiger partial charge in [0.05, 0.1) is 7.11 Å². The Bertz CT molecular complexity index is 691. The zero-order valence-corrected chi connectivity index (χ0v) is 14.7. The molecular formula is C19H25N3O3. The number of amides is 1. The van der Waals surface area contributed by atoms with Gasteiger partial charge >= 0.3 is 0 Å². The Morgan fingerprint density at radius 2 is 2.04 bits per heavy atom. The van der Waals surface area contributed by atoms with Crippen molar-refractivity contribution in [3.63, 3.8) is 0 Å². The van der Waals surface area contributed by atoms with E-state index in [2.05, 4.69) is 15.5 Å². The molecule has 0 atom stereocenters. The number of aromatic nitrogens is 2. The van der Waals surface area contributed by atoms with Crippen molar-refractivity contribution in [2.75, 3.05) is 7.11 Å². The van der Waals surface area contributed by atoms with Gasteiger partial charge in [0, 0.05) is 24.4 Å². The Balaban J connectivity index is 1.51. The lowest BCUT2D eigenvalue weighted by Gasteiger charge is -2.15. The number of ether oxygens (including phenoxy) is 1. The van der Waals surface area contributed by atoms with E-state index in [0.717, 1.165) is 24.2 Å². The number of nitrogens with zero attached hydrogens (tertiary/aromatic N) is 2. The van der Waals surface area contributed by atoms with Crippen LogP contribution in [0.15, 0.2) is 28.7 Å². The maximum absolute atomic E-state index is 12.1. The second kappa shape index (κ2) is 8.65. The molecule has 1 aliphatic rings. The minimum absolute atomic E-state index is 0.0630. The molecule has 1 N–H and O–H groups in total. The fraction of sp³-hybridized carbons (Fsp3) is 0.526. The van der Waals surface area contributed by atoms with E-state index in [0.29, 0.717) is 30.7 Å². The lowest BCUT2D eigenvalue weighted by molar-refractivity contribution is -0.121. The Kier molecular flexibility index (Phi) is 6.04. The van der Waals surface area contributed by atoms with E-state index in [1.54, 1.807) is 7.11 Å². The molecule has 25 heavy (non-hydrogen) atoms. The van der Waals surface area contributed by atoms with E-state index >= 15 is 0 Å². The second-order valence-electron chi connectivity index (χ2n) is 6.49. The number of nitrogens with one attached hydrogen (secondary N) is 1. The third-order valence-electron chi connectivity index (χ3n) is 4.57. The summed E-state index contributed by atoms with van der Waals surface area (Å²) in [4.78, 5) is 12.1. The van der Waals surface area contributed by atoms with Crippen molar-refractivity contribution in [2.45, 2.75) is 57.4 Å². The van der Waals surface area contributed by atoms with Crippen molar-refractivity contribution in [3.05, 3.63) is 30.2 Å². The number of hydrogen-bond acceptors (Lipinski definition) is 5. The number of benzene rings is 1. The van der Waals surface area contributed by atoms with E-state index in [1.807, 2.05) is 24.3 Å². The van der Waals surface area contributed by atoms with Gasteiger partial charge in [-0.1, -0.05) is 31.7 Å². The van der Waals surface area contributed by atoms with Crippen LogP contribution in [0, 0.1) is 0 Å². The molecule has 1 heterocycles. The van der Waals surface area contributed by atoms with Crippen molar-refractivity contribution >= 4 is 5.91 Å². The first-order valence-corrected chi connectivity index (χ1v) is 9.01. The highest BCUT2D eigenvalue weighted by Gasteiger charge is 2.16.